The molecule has 1 saturated heterocycles. The van der Waals surface area contributed by atoms with Gasteiger partial charge in [-0.25, -0.2) is 13.4 Å². The molecule has 1 aromatic carbocycles. The maximum atomic E-state index is 11.9. The largest absolute Gasteiger partial charge is 0.459 e. The molecule has 1 N–H and O–H groups in total. The van der Waals surface area contributed by atoms with Crippen molar-refractivity contribution >= 4 is 38.0 Å². The summed E-state index contributed by atoms with van der Waals surface area (Å²) in [5, 5.41) is 5.69. The van der Waals surface area contributed by atoms with E-state index in [4.69, 9.17) is 4.74 Å². The van der Waals surface area contributed by atoms with Crippen LogP contribution in [0.25, 0.3) is 0 Å². The number of benzene rings is 1. The van der Waals surface area contributed by atoms with Gasteiger partial charge in [0.1, 0.15) is 6.61 Å². The molecule has 0 saturated carbocycles. The maximum absolute atomic E-state index is 11.9. The number of para-hydroxylation sites is 1. The van der Waals surface area contributed by atoms with Crippen molar-refractivity contribution in [2.24, 2.45) is 5.92 Å². The van der Waals surface area contributed by atoms with Gasteiger partial charge in [0.2, 0.25) is 0 Å². The number of nitrogens with one attached hydrogen (secondary N) is 1. The molecular weight excluding hydrogens is 336 g/mol. The first-order valence-corrected chi connectivity index (χ1v) is 9.85. The molecule has 6 nitrogen and oxygen atoms in total. The lowest BCUT2D eigenvalue weighted by atomic mass is 10.1. The van der Waals surface area contributed by atoms with Crippen LogP contribution >= 0.6 is 11.3 Å². The summed E-state index contributed by atoms with van der Waals surface area (Å²) in [6.07, 6.45) is 0.346. The van der Waals surface area contributed by atoms with Crippen LogP contribution in [0.4, 0.5) is 10.8 Å². The van der Waals surface area contributed by atoms with Crippen molar-refractivity contribution in [3.8, 4) is 0 Å². The Morgan fingerprint density at radius 3 is 2.83 bits per heavy atom. The Morgan fingerprint density at radius 1 is 1.35 bits per heavy atom. The molecule has 1 aromatic heterocycles. The number of esters is 1. The van der Waals surface area contributed by atoms with E-state index >= 15 is 0 Å². The Morgan fingerprint density at radius 2 is 2.13 bits per heavy atom. The zero-order chi connectivity index (χ0) is 16.3. The van der Waals surface area contributed by atoms with Crippen molar-refractivity contribution in [2.75, 3.05) is 16.8 Å². The monoisotopic (exact) mass is 352 g/mol. The van der Waals surface area contributed by atoms with E-state index in [0.29, 0.717) is 17.2 Å². The lowest BCUT2D eigenvalue weighted by Gasteiger charge is -2.07. The highest BCUT2D eigenvalue weighted by Crippen LogP contribution is 2.23. The highest BCUT2D eigenvalue weighted by molar-refractivity contribution is 7.91. The molecule has 1 atom stereocenters. The van der Waals surface area contributed by atoms with Gasteiger partial charge in [-0.1, -0.05) is 18.2 Å². The second-order valence-corrected chi connectivity index (χ2v) is 8.43. The fourth-order valence-electron chi connectivity index (χ4n) is 2.32. The first-order chi connectivity index (χ1) is 11.0. The number of rotatable bonds is 5. The first-order valence-electron chi connectivity index (χ1n) is 7.15. The number of carbonyl (C=O) groups is 1. The van der Waals surface area contributed by atoms with E-state index in [1.807, 2.05) is 35.7 Å². The Balaban J connectivity index is 1.52. The van der Waals surface area contributed by atoms with Gasteiger partial charge in [-0.05, 0) is 18.6 Å². The van der Waals surface area contributed by atoms with Crippen LogP contribution in [0.5, 0.6) is 0 Å². The molecule has 122 valence electrons. The van der Waals surface area contributed by atoms with E-state index in [-0.39, 0.29) is 18.1 Å². The molecule has 2 aromatic rings. The molecule has 0 radical (unpaired) electrons. The molecular formula is C15H16N2O4S2. The first kappa shape index (κ1) is 15.9. The minimum Gasteiger partial charge on any atom is -0.459 e. The van der Waals surface area contributed by atoms with Gasteiger partial charge in [0.05, 0.1) is 23.1 Å². The van der Waals surface area contributed by atoms with Crippen LogP contribution in [0, 0.1) is 5.92 Å². The molecule has 0 aliphatic carbocycles. The van der Waals surface area contributed by atoms with E-state index in [2.05, 4.69) is 10.3 Å². The standard InChI is InChI=1S/C15H16N2O4S2/c18-14(11-6-7-23(19,20)10-11)21-8-13-9-22-15(17-13)16-12-4-2-1-3-5-12/h1-5,9,11H,6-8,10H2,(H,16,17)/t11-/m1/s1. The van der Waals surface area contributed by atoms with E-state index in [1.165, 1.54) is 11.3 Å². The molecule has 8 heteroatoms. The number of aromatic nitrogens is 1. The van der Waals surface area contributed by atoms with Gasteiger partial charge in [0.25, 0.3) is 0 Å². The van der Waals surface area contributed by atoms with Crippen LogP contribution in [0.2, 0.25) is 0 Å². The molecule has 1 fully saturated rings. The summed E-state index contributed by atoms with van der Waals surface area (Å²) in [7, 11) is -3.08. The van der Waals surface area contributed by atoms with Crippen molar-refractivity contribution < 1.29 is 17.9 Å². The lowest BCUT2D eigenvalue weighted by Crippen LogP contribution is -2.18. The summed E-state index contributed by atoms with van der Waals surface area (Å²) < 4.78 is 27.9. The van der Waals surface area contributed by atoms with Gasteiger partial charge in [-0.3, -0.25) is 4.79 Å². The second-order valence-electron chi connectivity index (χ2n) is 5.34. The van der Waals surface area contributed by atoms with Gasteiger partial charge in [0.15, 0.2) is 15.0 Å². The number of thiazole rings is 1. The molecule has 0 bridgehead atoms. The number of ether oxygens (including phenoxy) is 1. The predicted octanol–water partition coefficient (Wildman–Crippen LogP) is 2.36. The van der Waals surface area contributed by atoms with E-state index in [9.17, 15) is 13.2 Å². The van der Waals surface area contributed by atoms with Crippen molar-refractivity contribution in [1.82, 2.24) is 4.98 Å². The zero-order valence-corrected chi connectivity index (χ0v) is 13.9. The maximum Gasteiger partial charge on any atom is 0.310 e. The summed E-state index contributed by atoms with van der Waals surface area (Å²) in [4.78, 5) is 16.2. The van der Waals surface area contributed by atoms with Crippen LogP contribution in [0.15, 0.2) is 35.7 Å². The molecule has 0 unspecified atom stereocenters. The van der Waals surface area contributed by atoms with Gasteiger partial charge < -0.3 is 10.1 Å². The van der Waals surface area contributed by atoms with Gasteiger partial charge in [0, 0.05) is 11.1 Å². The average molecular weight is 352 g/mol. The summed E-state index contributed by atoms with van der Waals surface area (Å²) in [5.74, 6) is -1.05. The third-order valence-electron chi connectivity index (χ3n) is 3.50. The topological polar surface area (TPSA) is 85.4 Å². The fourth-order valence-corrected chi connectivity index (χ4v) is 4.76. The smallest absolute Gasteiger partial charge is 0.310 e. The average Bonchev–Trinajstić information content (AvgIpc) is 3.12. The fraction of sp³-hybridized carbons (Fsp3) is 0.333. The van der Waals surface area contributed by atoms with Crippen molar-refractivity contribution in [1.29, 1.82) is 0 Å². The number of hydrogen-bond acceptors (Lipinski definition) is 7. The van der Waals surface area contributed by atoms with Gasteiger partial charge in [-0.15, -0.1) is 11.3 Å². The van der Waals surface area contributed by atoms with Crippen molar-refractivity contribution in [3.05, 3.63) is 41.4 Å². The molecule has 2 heterocycles. The Hall–Kier alpha value is -1.93. The normalized spacial score (nSPS) is 19.4. The van der Waals surface area contributed by atoms with Gasteiger partial charge in [-0.2, -0.15) is 0 Å². The molecule has 1 aliphatic rings. The predicted molar refractivity (Wildman–Crippen MR) is 88.4 cm³/mol. The van der Waals surface area contributed by atoms with Crippen molar-refractivity contribution in [3.63, 3.8) is 0 Å². The zero-order valence-electron chi connectivity index (χ0n) is 12.3. The van der Waals surface area contributed by atoms with Crippen molar-refractivity contribution in [2.45, 2.75) is 13.0 Å². The minimum atomic E-state index is -3.08. The molecule has 0 spiro atoms. The third-order valence-corrected chi connectivity index (χ3v) is 6.08. The number of sulfone groups is 1. The number of hydrogen-bond donors (Lipinski definition) is 1. The number of nitrogens with zero attached hydrogens (tertiary/aromatic N) is 1. The molecule has 1 aliphatic heterocycles. The minimum absolute atomic E-state index is 0.0579. The summed E-state index contributed by atoms with van der Waals surface area (Å²) >= 11 is 1.42. The summed E-state index contributed by atoms with van der Waals surface area (Å²) in [5.41, 5.74) is 1.57. The van der Waals surface area contributed by atoms with E-state index in [1.54, 1.807) is 0 Å². The third kappa shape index (κ3) is 4.29. The lowest BCUT2D eigenvalue weighted by molar-refractivity contribution is -0.149. The Labute approximate surface area is 138 Å². The van der Waals surface area contributed by atoms with Crippen LogP contribution < -0.4 is 5.32 Å². The molecule has 3 rings (SSSR count). The van der Waals surface area contributed by atoms with E-state index < -0.39 is 21.7 Å². The SMILES string of the molecule is O=C(OCc1csc(Nc2ccccc2)n1)[C@@H]1CCS(=O)(=O)C1. The highest BCUT2D eigenvalue weighted by atomic mass is 32.2. The summed E-state index contributed by atoms with van der Waals surface area (Å²) in [6, 6.07) is 9.65. The van der Waals surface area contributed by atoms with E-state index in [0.717, 1.165) is 5.69 Å². The molecule has 23 heavy (non-hydrogen) atoms. The van der Waals surface area contributed by atoms with Crippen LogP contribution in [-0.2, 0) is 26.0 Å². The number of anilines is 2. The highest BCUT2D eigenvalue weighted by Gasteiger charge is 2.34. The van der Waals surface area contributed by atoms with Crippen LogP contribution in [-0.4, -0.2) is 30.9 Å². The van der Waals surface area contributed by atoms with Crippen LogP contribution in [0.1, 0.15) is 12.1 Å². The summed E-state index contributed by atoms with van der Waals surface area (Å²) in [6.45, 7) is 0.0579. The quantitative estimate of drug-likeness (QED) is 0.832. The molecule has 0 amide bonds. The number of carbonyl (C=O) groups excluding carboxylic acids is 1. The Kier molecular flexibility index (Phi) is 4.63. The Bertz CT molecular complexity index is 787. The van der Waals surface area contributed by atoms with Crippen LogP contribution in [0.3, 0.4) is 0 Å². The second kappa shape index (κ2) is 6.67. The van der Waals surface area contributed by atoms with Gasteiger partial charge >= 0.3 is 5.97 Å².